The van der Waals surface area contributed by atoms with Gasteiger partial charge in [-0.1, -0.05) is 37.1 Å². The third-order valence-electron chi connectivity index (χ3n) is 4.21. The molecule has 0 saturated heterocycles. The van der Waals surface area contributed by atoms with Crippen molar-refractivity contribution in [3.05, 3.63) is 35.4 Å². The number of aryl methyl sites for hydroxylation is 1. The Balaban J connectivity index is 1.61. The summed E-state index contributed by atoms with van der Waals surface area (Å²) >= 11 is 0. The minimum Gasteiger partial charge on any atom is -0.314 e. The van der Waals surface area contributed by atoms with E-state index < -0.39 is 0 Å². The summed E-state index contributed by atoms with van der Waals surface area (Å²) in [6.45, 7) is 5.61. The van der Waals surface area contributed by atoms with Gasteiger partial charge in [0, 0.05) is 12.6 Å². The van der Waals surface area contributed by atoms with Gasteiger partial charge in [0.1, 0.15) is 0 Å². The first-order chi connectivity index (χ1) is 9.25. The number of nitrogens with zero attached hydrogens (tertiary/aromatic N) is 1. The summed E-state index contributed by atoms with van der Waals surface area (Å²) in [5.41, 5.74) is 2.85. The van der Waals surface area contributed by atoms with Crippen molar-refractivity contribution in [3.8, 4) is 0 Å². The Morgan fingerprint density at radius 2 is 1.95 bits per heavy atom. The predicted molar refractivity (Wildman–Crippen MR) is 82.4 cm³/mol. The lowest BCUT2D eigenvalue weighted by atomic mass is 10.1. The van der Waals surface area contributed by atoms with Gasteiger partial charge < -0.3 is 10.2 Å². The van der Waals surface area contributed by atoms with E-state index in [1.54, 1.807) is 0 Å². The first kappa shape index (κ1) is 14.5. The van der Waals surface area contributed by atoms with Gasteiger partial charge in [0.05, 0.1) is 0 Å². The lowest BCUT2D eigenvalue weighted by molar-refractivity contribution is 0.316. The molecule has 0 aliphatic heterocycles. The predicted octanol–water partition coefficient (Wildman–Crippen LogP) is 3.35. The van der Waals surface area contributed by atoms with Crippen LogP contribution in [-0.4, -0.2) is 31.1 Å². The van der Waals surface area contributed by atoms with Gasteiger partial charge in [-0.3, -0.25) is 0 Å². The van der Waals surface area contributed by atoms with Crippen molar-refractivity contribution >= 4 is 0 Å². The van der Waals surface area contributed by atoms with Gasteiger partial charge in [0.15, 0.2) is 0 Å². The second-order valence-corrected chi connectivity index (χ2v) is 5.95. The average Bonchev–Trinajstić information content (AvgIpc) is 2.91. The Kier molecular flexibility index (Phi) is 5.87. The Labute approximate surface area is 118 Å². The van der Waals surface area contributed by atoms with Crippen LogP contribution in [0.1, 0.15) is 43.2 Å². The molecule has 0 heterocycles. The summed E-state index contributed by atoms with van der Waals surface area (Å²) in [6.07, 6.45) is 6.87. The number of hydrogen-bond donors (Lipinski definition) is 1. The van der Waals surface area contributed by atoms with Crippen molar-refractivity contribution in [2.24, 2.45) is 0 Å². The van der Waals surface area contributed by atoms with Gasteiger partial charge in [-0.2, -0.15) is 0 Å². The largest absolute Gasteiger partial charge is 0.314 e. The smallest absolute Gasteiger partial charge is 0.0233 e. The molecule has 19 heavy (non-hydrogen) atoms. The fourth-order valence-corrected chi connectivity index (χ4v) is 2.94. The summed E-state index contributed by atoms with van der Waals surface area (Å²) in [5.74, 6) is 0. The first-order valence-corrected chi connectivity index (χ1v) is 7.72. The van der Waals surface area contributed by atoms with Crippen molar-refractivity contribution in [1.82, 2.24) is 10.2 Å². The van der Waals surface area contributed by atoms with Crippen LogP contribution in [0, 0.1) is 6.92 Å². The van der Waals surface area contributed by atoms with Crippen molar-refractivity contribution < 1.29 is 0 Å². The molecule has 1 aliphatic rings. The molecule has 1 saturated carbocycles. The first-order valence-electron chi connectivity index (χ1n) is 7.72. The zero-order valence-corrected chi connectivity index (χ0v) is 12.5. The van der Waals surface area contributed by atoms with Crippen LogP contribution in [0.5, 0.6) is 0 Å². The van der Waals surface area contributed by atoms with E-state index >= 15 is 0 Å². The van der Waals surface area contributed by atoms with Crippen molar-refractivity contribution in [2.75, 3.05) is 20.1 Å². The van der Waals surface area contributed by atoms with E-state index in [2.05, 4.69) is 48.5 Å². The molecule has 0 atom stereocenters. The van der Waals surface area contributed by atoms with Gasteiger partial charge in [0.25, 0.3) is 0 Å². The molecule has 1 N–H and O–H groups in total. The maximum Gasteiger partial charge on any atom is 0.0233 e. The van der Waals surface area contributed by atoms with Gasteiger partial charge in [0.2, 0.25) is 0 Å². The molecule has 1 aromatic rings. The van der Waals surface area contributed by atoms with E-state index in [-0.39, 0.29) is 0 Å². The molecule has 2 heteroatoms. The zero-order valence-electron chi connectivity index (χ0n) is 12.5. The van der Waals surface area contributed by atoms with E-state index in [1.807, 2.05) is 0 Å². The molecule has 0 spiro atoms. The monoisotopic (exact) mass is 260 g/mol. The highest BCUT2D eigenvalue weighted by molar-refractivity contribution is 5.25. The quantitative estimate of drug-likeness (QED) is 0.756. The molecular weight excluding hydrogens is 232 g/mol. The number of benzene rings is 1. The van der Waals surface area contributed by atoms with E-state index in [9.17, 15) is 0 Å². The molecule has 1 aromatic carbocycles. The second-order valence-electron chi connectivity index (χ2n) is 5.95. The Bertz CT molecular complexity index is 369. The maximum absolute atomic E-state index is 3.69. The van der Waals surface area contributed by atoms with Gasteiger partial charge >= 0.3 is 0 Å². The highest BCUT2D eigenvalue weighted by Crippen LogP contribution is 2.17. The standard InChI is InChI=1S/C17H28N2/c1-15-8-3-4-9-16(15)14-19(2)13-7-12-18-17-10-5-6-11-17/h3-4,8-9,17-18H,5-7,10-14H2,1-2H3. The fourth-order valence-electron chi connectivity index (χ4n) is 2.94. The lowest BCUT2D eigenvalue weighted by Crippen LogP contribution is -2.29. The van der Waals surface area contributed by atoms with Crippen LogP contribution in [0.3, 0.4) is 0 Å². The minimum absolute atomic E-state index is 0.807. The topological polar surface area (TPSA) is 15.3 Å². The molecule has 0 radical (unpaired) electrons. The summed E-state index contributed by atoms with van der Waals surface area (Å²) in [4.78, 5) is 2.43. The van der Waals surface area contributed by atoms with Gasteiger partial charge in [-0.25, -0.2) is 0 Å². The highest BCUT2D eigenvalue weighted by Gasteiger charge is 2.13. The summed E-state index contributed by atoms with van der Waals surface area (Å²) < 4.78 is 0. The van der Waals surface area contributed by atoms with Crippen LogP contribution in [0.15, 0.2) is 24.3 Å². The molecule has 1 aliphatic carbocycles. The van der Waals surface area contributed by atoms with Crippen LogP contribution in [-0.2, 0) is 6.54 Å². The van der Waals surface area contributed by atoms with Crippen molar-refractivity contribution in [3.63, 3.8) is 0 Å². The fraction of sp³-hybridized carbons (Fsp3) is 0.647. The molecule has 0 bridgehead atoms. The highest BCUT2D eigenvalue weighted by atomic mass is 15.1. The molecule has 2 nitrogen and oxygen atoms in total. The molecule has 1 fully saturated rings. The summed E-state index contributed by atoms with van der Waals surface area (Å²) in [5, 5.41) is 3.69. The van der Waals surface area contributed by atoms with E-state index in [1.165, 1.54) is 56.3 Å². The number of rotatable bonds is 7. The van der Waals surface area contributed by atoms with Crippen molar-refractivity contribution in [2.45, 2.75) is 51.6 Å². The Hall–Kier alpha value is -0.860. The zero-order chi connectivity index (χ0) is 13.5. The average molecular weight is 260 g/mol. The van der Waals surface area contributed by atoms with Crippen LogP contribution in [0.4, 0.5) is 0 Å². The summed E-state index contributed by atoms with van der Waals surface area (Å²) in [7, 11) is 2.22. The van der Waals surface area contributed by atoms with E-state index in [4.69, 9.17) is 0 Å². The third-order valence-corrected chi connectivity index (χ3v) is 4.21. The Morgan fingerprint density at radius 3 is 2.68 bits per heavy atom. The normalized spacial score (nSPS) is 16.4. The van der Waals surface area contributed by atoms with Crippen molar-refractivity contribution in [1.29, 1.82) is 0 Å². The number of hydrogen-bond acceptors (Lipinski definition) is 2. The second kappa shape index (κ2) is 7.66. The molecule has 2 rings (SSSR count). The lowest BCUT2D eigenvalue weighted by Gasteiger charge is -2.19. The molecule has 106 valence electrons. The van der Waals surface area contributed by atoms with Crippen LogP contribution >= 0.6 is 0 Å². The molecule has 0 amide bonds. The number of nitrogens with one attached hydrogen (secondary N) is 1. The van der Waals surface area contributed by atoms with Crippen LogP contribution in [0.2, 0.25) is 0 Å². The summed E-state index contributed by atoms with van der Waals surface area (Å²) in [6, 6.07) is 9.50. The van der Waals surface area contributed by atoms with Gasteiger partial charge in [-0.15, -0.1) is 0 Å². The minimum atomic E-state index is 0.807. The van der Waals surface area contributed by atoms with E-state index in [0.717, 1.165) is 12.6 Å². The van der Waals surface area contributed by atoms with Gasteiger partial charge in [-0.05, 0) is 57.5 Å². The van der Waals surface area contributed by atoms with E-state index in [0.29, 0.717) is 0 Å². The molecular formula is C17H28N2. The van der Waals surface area contributed by atoms with Crippen LogP contribution in [0.25, 0.3) is 0 Å². The molecule has 0 aromatic heterocycles. The Morgan fingerprint density at radius 1 is 1.21 bits per heavy atom. The molecule has 0 unspecified atom stereocenters. The SMILES string of the molecule is Cc1ccccc1CN(C)CCCNC1CCCC1. The van der Waals surface area contributed by atoms with Crippen LogP contribution < -0.4 is 5.32 Å². The maximum atomic E-state index is 3.69. The third kappa shape index (κ3) is 4.96.